The number of benzene rings is 3. The molecule has 1 N–H and O–H groups in total. The number of anilines is 1. The van der Waals surface area contributed by atoms with Crippen LogP contribution < -0.4 is 10.2 Å². The predicted octanol–water partition coefficient (Wildman–Crippen LogP) is 4.96. The van der Waals surface area contributed by atoms with Gasteiger partial charge in [0, 0.05) is 30.2 Å². The molecule has 4 aromatic rings. The van der Waals surface area contributed by atoms with Crippen LogP contribution in [0.3, 0.4) is 0 Å². The van der Waals surface area contributed by atoms with Crippen LogP contribution in [0.15, 0.2) is 72.8 Å². The lowest BCUT2D eigenvalue weighted by Crippen LogP contribution is -2.38. The SMILES string of the molecule is O=C(Cc1ccc(Cl)cc1)NCCCc1nc2ccccc2n1CC(=O)N1CCCc2ccccc21. The smallest absolute Gasteiger partial charge is 0.246 e. The number of nitrogens with zero attached hydrogens (tertiary/aromatic N) is 3. The number of aryl methyl sites for hydroxylation is 2. The number of imidazole rings is 1. The van der Waals surface area contributed by atoms with Gasteiger partial charge in [-0.2, -0.15) is 0 Å². The number of carbonyl (C=O) groups excluding carboxylic acids is 2. The number of halogens is 1. The quantitative estimate of drug-likeness (QED) is 0.348. The van der Waals surface area contributed by atoms with Crippen LogP contribution in [0.4, 0.5) is 5.69 Å². The zero-order chi connectivity index (χ0) is 24.9. The summed E-state index contributed by atoms with van der Waals surface area (Å²) >= 11 is 5.92. The van der Waals surface area contributed by atoms with Crippen LogP contribution in [-0.2, 0) is 35.4 Å². The summed E-state index contributed by atoms with van der Waals surface area (Å²) in [5.41, 5.74) is 5.01. The monoisotopic (exact) mass is 500 g/mol. The van der Waals surface area contributed by atoms with Crippen LogP contribution in [-0.4, -0.2) is 34.5 Å². The number of carbonyl (C=O) groups is 2. The number of aromatic nitrogens is 2. The number of amides is 2. The van der Waals surface area contributed by atoms with Crippen LogP contribution in [0.1, 0.15) is 29.8 Å². The summed E-state index contributed by atoms with van der Waals surface area (Å²) in [5.74, 6) is 0.911. The van der Waals surface area contributed by atoms with Crippen molar-refractivity contribution in [1.82, 2.24) is 14.9 Å². The third kappa shape index (κ3) is 5.44. The van der Waals surface area contributed by atoms with E-state index in [1.165, 1.54) is 5.56 Å². The molecule has 0 saturated heterocycles. The first kappa shape index (κ1) is 24.1. The minimum atomic E-state index is -0.0234. The van der Waals surface area contributed by atoms with Gasteiger partial charge in [0.1, 0.15) is 12.4 Å². The summed E-state index contributed by atoms with van der Waals surface area (Å²) in [5, 5.41) is 3.65. The molecule has 0 bridgehead atoms. The Morgan fingerprint density at radius 2 is 1.75 bits per heavy atom. The van der Waals surface area contributed by atoms with Crippen molar-refractivity contribution < 1.29 is 9.59 Å². The number of para-hydroxylation sites is 3. The fourth-order valence-corrected chi connectivity index (χ4v) is 4.96. The molecule has 6 nitrogen and oxygen atoms in total. The molecule has 1 aliphatic heterocycles. The van der Waals surface area contributed by atoms with Gasteiger partial charge in [-0.1, -0.05) is 54.1 Å². The molecule has 0 aliphatic carbocycles. The van der Waals surface area contributed by atoms with Gasteiger partial charge in [0.05, 0.1) is 17.5 Å². The van der Waals surface area contributed by atoms with E-state index in [1.807, 2.05) is 64.1 Å². The van der Waals surface area contributed by atoms with E-state index in [0.717, 1.165) is 53.9 Å². The predicted molar refractivity (Wildman–Crippen MR) is 143 cm³/mol. The van der Waals surface area contributed by atoms with Crippen LogP contribution >= 0.6 is 11.6 Å². The van der Waals surface area contributed by atoms with Crippen LogP contribution in [0, 0.1) is 0 Å². The molecule has 0 spiro atoms. The van der Waals surface area contributed by atoms with Crippen molar-refractivity contribution in [3.63, 3.8) is 0 Å². The lowest BCUT2D eigenvalue weighted by atomic mass is 10.0. The van der Waals surface area contributed by atoms with Crippen molar-refractivity contribution in [2.24, 2.45) is 0 Å². The standard InChI is InChI=1S/C29H29ClN4O2/c30-23-15-13-21(14-16-23)19-28(35)31-17-5-12-27-32-24-9-2-4-11-26(24)34(27)20-29(36)33-18-6-8-22-7-1-3-10-25(22)33/h1-4,7,9-11,13-16H,5-6,8,12,17-20H2,(H,31,35). The van der Waals surface area contributed by atoms with Crippen LogP contribution in [0.2, 0.25) is 5.02 Å². The van der Waals surface area contributed by atoms with Crippen LogP contribution in [0.5, 0.6) is 0 Å². The van der Waals surface area contributed by atoms with Gasteiger partial charge >= 0.3 is 0 Å². The Labute approximate surface area is 215 Å². The molecular weight excluding hydrogens is 472 g/mol. The minimum Gasteiger partial charge on any atom is -0.356 e. The van der Waals surface area contributed by atoms with Crippen molar-refractivity contribution in [2.45, 2.75) is 38.6 Å². The van der Waals surface area contributed by atoms with E-state index in [0.29, 0.717) is 24.4 Å². The van der Waals surface area contributed by atoms with Crippen LogP contribution in [0.25, 0.3) is 11.0 Å². The molecule has 7 heteroatoms. The summed E-state index contributed by atoms with van der Waals surface area (Å²) < 4.78 is 2.03. The molecule has 2 heterocycles. The normalized spacial score (nSPS) is 13.0. The number of nitrogens with one attached hydrogen (secondary N) is 1. The first-order valence-electron chi connectivity index (χ1n) is 12.4. The summed E-state index contributed by atoms with van der Waals surface area (Å²) in [6, 6.07) is 23.4. The average molecular weight is 501 g/mol. The van der Waals surface area contributed by atoms with E-state index in [4.69, 9.17) is 16.6 Å². The van der Waals surface area contributed by atoms with E-state index in [2.05, 4.69) is 11.4 Å². The molecule has 3 aromatic carbocycles. The van der Waals surface area contributed by atoms with Gasteiger partial charge in [0.15, 0.2) is 0 Å². The maximum absolute atomic E-state index is 13.5. The van der Waals surface area contributed by atoms with Gasteiger partial charge in [-0.3, -0.25) is 9.59 Å². The third-order valence-electron chi connectivity index (χ3n) is 6.62. The van der Waals surface area contributed by atoms with Crippen molar-refractivity contribution in [3.05, 3.63) is 94.8 Å². The van der Waals surface area contributed by atoms with Crippen molar-refractivity contribution in [1.29, 1.82) is 0 Å². The van der Waals surface area contributed by atoms with E-state index in [1.54, 1.807) is 12.1 Å². The highest BCUT2D eigenvalue weighted by molar-refractivity contribution is 6.30. The van der Waals surface area contributed by atoms with E-state index in [-0.39, 0.29) is 18.4 Å². The molecule has 0 saturated carbocycles. The Kier molecular flexibility index (Phi) is 7.33. The highest BCUT2D eigenvalue weighted by Gasteiger charge is 2.23. The topological polar surface area (TPSA) is 67.2 Å². The van der Waals surface area contributed by atoms with Gasteiger partial charge < -0.3 is 14.8 Å². The second-order valence-electron chi connectivity index (χ2n) is 9.14. The lowest BCUT2D eigenvalue weighted by Gasteiger charge is -2.29. The first-order valence-corrected chi connectivity index (χ1v) is 12.8. The zero-order valence-corrected chi connectivity index (χ0v) is 20.9. The highest BCUT2D eigenvalue weighted by atomic mass is 35.5. The second-order valence-corrected chi connectivity index (χ2v) is 9.57. The molecule has 0 radical (unpaired) electrons. The average Bonchev–Trinajstić information content (AvgIpc) is 3.24. The fraction of sp³-hybridized carbons (Fsp3) is 0.276. The molecule has 36 heavy (non-hydrogen) atoms. The Morgan fingerprint density at radius 3 is 2.61 bits per heavy atom. The first-order chi connectivity index (χ1) is 17.6. The van der Waals surface area contributed by atoms with Crippen molar-refractivity contribution in [3.8, 4) is 0 Å². The zero-order valence-electron chi connectivity index (χ0n) is 20.1. The van der Waals surface area contributed by atoms with E-state index >= 15 is 0 Å². The Morgan fingerprint density at radius 1 is 0.972 bits per heavy atom. The Bertz CT molecular complexity index is 1380. The minimum absolute atomic E-state index is 0.0234. The third-order valence-corrected chi connectivity index (χ3v) is 6.87. The Balaban J connectivity index is 1.24. The van der Waals surface area contributed by atoms with Gasteiger partial charge in [0.25, 0.3) is 0 Å². The maximum Gasteiger partial charge on any atom is 0.246 e. The largest absolute Gasteiger partial charge is 0.356 e. The van der Waals surface area contributed by atoms with Gasteiger partial charge in [-0.15, -0.1) is 0 Å². The molecule has 0 atom stereocenters. The molecule has 0 unspecified atom stereocenters. The van der Waals surface area contributed by atoms with Crippen molar-refractivity contribution >= 4 is 40.1 Å². The maximum atomic E-state index is 13.5. The molecule has 0 fully saturated rings. The Hall–Kier alpha value is -3.64. The highest BCUT2D eigenvalue weighted by Crippen LogP contribution is 2.27. The van der Waals surface area contributed by atoms with Gasteiger partial charge in [0.2, 0.25) is 11.8 Å². The molecule has 1 aliphatic rings. The molecule has 5 rings (SSSR count). The number of hydrogen-bond donors (Lipinski definition) is 1. The second kappa shape index (κ2) is 11.0. The van der Waals surface area contributed by atoms with Crippen molar-refractivity contribution in [2.75, 3.05) is 18.0 Å². The summed E-state index contributed by atoms with van der Waals surface area (Å²) in [7, 11) is 0. The van der Waals surface area contributed by atoms with E-state index < -0.39 is 0 Å². The lowest BCUT2D eigenvalue weighted by molar-refractivity contribution is -0.120. The number of fused-ring (bicyclic) bond motifs is 2. The van der Waals surface area contributed by atoms with Gasteiger partial charge in [-0.05, 0) is 60.7 Å². The summed E-state index contributed by atoms with van der Waals surface area (Å²) in [6.07, 6.45) is 3.69. The molecule has 2 amide bonds. The summed E-state index contributed by atoms with van der Waals surface area (Å²) in [6.45, 7) is 1.52. The molecule has 184 valence electrons. The fourth-order valence-electron chi connectivity index (χ4n) is 4.83. The summed E-state index contributed by atoms with van der Waals surface area (Å²) in [4.78, 5) is 32.5. The molecule has 1 aromatic heterocycles. The van der Waals surface area contributed by atoms with E-state index in [9.17, 15) is 9.59 Å². The number of hydrogen-bond acceptors (Lipinski definition) is 3. The van der Waals surface area contributed by atoms with Gasteiger partial charge in [-0.25, -0.2) is 4.98 Å². The molecular formula is C29H29ClN4O2. The number of rotatable bonds is 8.